The van der Waals surface area contributed by atoms with Crippen LogP contribution >= 0.6 is 23.4 Å². The van der Waals surface area contributed by atoms with Crippen LogP contribution in [0.5, 0.6) is 0 Å². The highest BCUT2D eigenvalue weighted by molar-refractivity contribution is 8.00. The summed E-state index contributed by atoms with van der Waals surface area (Å²) in [5.41, 5.74) is 0.618. The largest absolute Gasteiger partial charge is 0.325 e. The van der Waals surface area contributed by atoms with Crippen LogP contribution in [0.25, 0.3) is 0 Å². The third-order valence-electron chi connectivity index (χ3n) is 3.00. The van der Waals surface area contributed by atoms with E-state index < -0.39 is 5.41 Å². The summed E-state index contributed by atoms with van der Waals surface area (Å²) in [6.07, 6.45) is 1.76. The summed E-state index contributed by atoms with van der Waals surface area (Å²) >= 11 is 7.69. The average Bonchev–Trinajstić information content (AvgIpc) is 2.46. The molecule has 0 spiro atoms. The van der Waals surface area contributed by atoms with Gasteiger partial charge in [0.05, 0.1) is 16.0 Å². The summed E-state index contributed by atoms with van der Waals surface area (Å²) in [5.74, 6) is 0.498. The van der Waals surface area contributed by atoms with Gasteiger partial charge in [0.2, 0.25) is 11.8 Å². The summed E-state index contributed by atoms with van der Waals surface area (Å²) in [6, 6.07) is 5.03. The van der Waals surface area contributed by atoms with Crippen LogP contribution in [0, 0.1) is 5.41 Å². The van der Waals surface area contributed by atoms with E-state index in [4.69, 9.17) is 11.6 Å². The molecule has 126 valence electrons. The van der Waals surface area contributed by atoms with E-state index in [-0.39, 0.29) is 17.1 Å². The van der Waals surface area contributed by atoms with Crippen molar-refractivity contribution in [2.24, 2.45) is 5.41 Å². The van der Waals surface area contributed by atoms with Crippen molar-refractivity contribution in [2.75, 3.05) is 16.4 Å². The zero-order chi connectivity index (χ0) is 17.6. The van der Waals surface area contributed by atoms with Gasteiger partial charge >= 0.3 is 0 Å². The number of benzene rings is 1. The van der Waals surface area contributed by atoms with Crippen LogP contribution in [0.4, 0.5) is 11.4 Å². The van der Waals surface area contributed by atoms with Crippen molar-refractivity contribution >= 4 is 46.6 Å². The third kappa shape index (κ3) is 6.28. The Labute approximate surface area is 147 Å². The molecule has 1 rings (SSSR count). The molecule has 23 heavy (non-hydrogen) atoms. The Kier molecular flexibility index (Phi) is 7.16. The van der Waals surface area contributed by atoms with Crippen LogP contribution in [0.3, 0.4) is 0 Å². The maximum Gasteiger partial charge on any atom is 0.237 e. The summed E-state index contributed by atoms with van der Waals surface area (Å²) in [6.45, 7) is 10.9. The maximum atomic E-state index is 12.0. The maximum absolute atomic E-state index is 12.0. The molecule has 2 N–H and O–H groups in total. The molecule has 0 aromatic heterocycles. The van der Waals surface area contributed by atoms with E-state index >= 15 is 0 Å². The number of anilines is 2. The van der Waals surface area contributed by atoms with Crippen LogP contribution in [0.1, 0.15) is 27.7 Å². The molecule has 0 saturated heterocycles. The first-order valence-electron chi connectivity index (χ1n) is 7.29. The van der Waals surface area contributed by atoms with Gasteiger partial charge in [0.1, 0.15) is 0 Å². The molecule has 2 amide bonds. The van der Waals surface area contributed by atoms with E-state index in [0.29, 0.717) is 22.2 Å². The molecular weight excluding hydrogens is 332 g/mol. The van der Waals surface area contributed by atoms with Gasteiger partial charge in [-0.2, -0.15) is 0 Å². The van der Waals surface area contributed by atoms with Gasteiger partial charge in [-0.25, -0.2) is 0 Å². The minimum Gasteiger partial charge on any atom is -0.325 e. The summed E-state index contributed by atoms with van der Waals surface area (Å²) in [4.78, 5) is 24.0. The van der Waals surface area contributed by atoms with Gasteiger partial charge in [-0.3, -0.25) is 9.59 Å². The van der Waals surface area contributed by atoms with Gasteiger partial charge in [-0.15, -0.1) is 18.3 Å². The first-order chi connectivity index (χ1) is 10.6. The Morgan fingerprint density at radius 1 is 1.35 bits per heavy atom. The van der Waals surface area contributed by atoms with E-state index in [2.05, 4.69) is 17.2 Å². The van der Waals surface area contributed by atoms with E-state index in [9.17, 15) is 9.59 Å². The highest BCUT2D eigenvalue weighted by Gasteiger charge is 2.22. The molecule has 1 aromatic rings. The third-order valence-corrected chi connectivity index (χ3v) is 4.45. The molecule has 0 fully saturated rings. The average molecular weight is 355 g/mol. The summed E-state index contributed by atoms with van der Waals surface area (Å²) < 4.78 is 0. The second-order valence-corrected chi connectivity index (χ2v) is 7.93. The number of amides is 2. The molecule has 0 aliphatic heterocycles. The number of hydrogen-bond donors (Lipinski definition) is 2. The number of nitrogens with one attached hydrogen (secondary N) is 2. The number of carbonyl (C=O) groups is 2. The van der Waals surface area contributed by atoms with Crippen molar-refractivity contribution < 1.29 is 9.59 Å². The van der Waals surface area contributed by atoms with Crippen LogP contribution in [-0.4, -0.2) is 22.8 Å². The Hall–Kier alpha value is -1.46. The Balaban J connectivity index is 2.74. The molecule has 1 atom stereocenters. The monoisotopic (exact) mass is 354 g/mol. The zero-order valence-electron chi connectivity index (χ0n) is 13.9. The van der Waals surface area contributed by atoms with Crippen LogP contribution in [-0.2, 0) is 9.59 Å². The fourth-order valence-electron chi connectivity index (χ4n) is 1.54. The molecule has 0 radical (unpaired) electrons. The van der Waals surface area contributed by atoms with E-state index in [1.54, 1.807) is 24.3 Å². The van der Waals surface area contributed by atoms with Crippen LogP contribution < -0.4 is 10.6 Å². The van der Waals surface area contributed by atoms with Gasteiger partial charge in [0.15, 0.2) is 0 Å². The van der Waals surface area contributed by atoms with E-state index in [0.717, 1.165) is 0 Å². The quantitative estimate of drug-likeness (QED) is 0.735. The normalized spacial score (nSPS) is 12.4. The number of hydrogen-bond acceptors (Lipinski definition) is 3. The molecule has 0 aliphatic carbocycles. The van der Waals surface area contributed by atoms with Crippen LogP contribution in [0.15, 0.2) is 30.9 Å². The van der Waals surface area contributed by atoms with Crippen molar-refractivity contribution in [2.45, 2.75) is 32.9 Å². The zero-order valence-corrected chi connectivity index (χ0v) is 15.5. The molecule has 0 unspecified atom stereocenters. The predicted octanol–water partition coefficient (Wildman–Crippen LogP) is 4.57. The molecule has 0 heterocycles. The second-order valence-electron chi connectivity index (χ2n) is 6.15. The smallest absolute Gasteiger partial charge is 0.237 e. The Morgan fingerprint density at radius 3 is 2.52 bits per heavy atom. The topological polar surface area (TPSA) is 58.2 Å². The van der Waals surface area contributed by atoms with Gasteiger partial charge in [0, 0.05) is 16.9 Å². The SMILES string of the molecule is C=CCS[C@H](C)C(=O)Nc1ccc(NC(=O)C(C)(C)C)c(Cl)c1. The van der Waals surface area contributed by atoms with E-state index in [1.807, 2.05) is 27.7 Å². The first-order valence-corrected chi connectivity index (χ1v) is 8.72. The molecule has 4 nitrogen and oxygen atoms in total. The molecular formula is C17H23ClN2O2S. The molecule has 6 heteroatoms. The Bertz CT molecular complexity index is 597. The fraction of sp³-hybridized carbons (Fsp3) is 0.412. The predicted molar refractivity (Wildman–Crippen MR) is 100 cm³/mol. The molecule has 0 aliphatic rings. The van der Waals surface area contributed by atoms with Gasteiger partial charge in [-0.05, 0) is 25.1 Å². The second kappa shape index (κ2) is 8.41. The van der Waals surface area contributed by atoms with Gasteiger partial charge < -0.3 is 10.6 Å². The van der Waals surface area contributed by atoms with Crippen molar-refractivity contribution in [3.05, 3.63) is 35.9 Å². The number of thioether (sulfide) groups is 1. The van der Waals surface area contributed by atoms with Gasteiger partial charge in [-0.1, -0.05) is 38.4 Å². The summed E-state index contributed by atoms with van der Waals surface area (Å²) in [7, 11) is 0. The van der Waals surface area contributed by atoms with Gasteiger partial charge in [0.25, 0.3) is 0 Å². The molecule has 0 saturated carbocycles. The lowest BCUT2D eigenvalue weighted by molar-refractivity contribution is -0.123. The van der Waals surface area contributed by atoms with Crippen LogP contribution in [0.2, 0.25) is 5.02 Å². The van der Waals surface area contributed by atoms with Crippen molar-refractivity contribution in [1.82, 2.24) is 0 Å². The molecule has 0 bridgehead atoms. The highest BCUT2D eigenvalue weighted by atomic mass is 35.5. The van der Waals surface area contributed by atoms with Crippen molar-refractivity contribution in [3.8, 4) is 0 Å². The highest BCUT2D eigenvalue weighted by Crippen LogP contribution is 2.28. The lowest BCUT2D eigenvalue weighted by atomic mass is 9.95. The number of halogens is 1. The standard InChI is InChI=1S/C17H23ClN2O2S/c1-6-9-23-11(2)15(21)19-12-7-8-14(13(18)10-12)20-16(22)17(3,4)5/h6-8,10-11H,1,9H2,2-5H3,(H,19,21)(H,20,22)/t11-/m1/s1. The van der Waals surface area contributed by atoms with Crippen molar-refractivity contribution in [1.29, 1.82) is 0 Å². The van der Waals surface area contributed by atoms with E-state index in [1.165, 1.54) is 11.8 Å². The lowest BCUT2D eigenvalue weighted by Gasteiger charge is -2.18. The summed E-state index contributed by atoms with van der Waals surface area (Å²) in [5, 5.41) is 5.79. The Morgan fingerprint density at radius 2 is 2.00 bits per heavy atom. The fourth-order valence-corrected chi connectivity index (χ4v) is 2.40. The lowest BCUT2D eigenvalue weighted by Crippen LogP contribution is -2.27. The first kappa shape index (κ1) is 19.6. The number of rotatable bonds is 6. The van der Waals surface area contributed by atoms with Crippen molar-refractivity contribution in [3.63, 3.8) is 0 Å². The number of carbonyl (C=O) groups excluding carboxylic acids is 2. The minimum atomic E-state index is -0.506. The minimum absolute atomic E-state index is 0.0978. The molecule has 1 aromatic carbocycles.